The van der Waals surface area contributed by atoms with E-state index >= 15 is 0 Å². The van der Waals surface area contributed by atoms with Gasteiger partial charge in [0.2, 0.25) is 5.91 Å². The van der Waals surface area contributed by atoms with Gasteiger partial charge in [0.25, 0.3) is 0 Å². The highest BCUT2D eigenvalue weighted by Crippen LogP contribution is 2.58. The summed E-state index contributed by atoms with van der Waals surface area (Å²) in [4.78, 5) is 23.1. The van der Waals surface area contributed by atoms with Gasteiger partial charge in [-0.3, -0.25) is 9.59 Å². The molecule has 0 saturated heterocycles. The Hall–Kier alpha value is -1.06. The van der Waals surface area contributed by atoms with E-state index in [-0.39, 0.29) is 17.4 Å². The summed E-state index contributed by atoms with van der Waals surface area (Å²) in [5.74, 6) is -1.31. The summed E-state index contributed by atoms with van der Waals surface area (Å²) in [7, 11) is 0. The Labute approximate surface area is 102 Å². The number of nitrogens with one attached hydrogen (secondary N) is 1. The predicted molar refractivity (Wildman–Crippen MR) is 63.3 cm³/mol. The first-order valence-corrected chi connectivity index (χ1v) is 6.23. The van der Waals surface area contributed by atoms with Gasteiger partial charge in [0.15, 0.2) is 0 Å². The molecule has 4 nitrogen and oxygen atoms in total. The zero-order valence-electron chi connectivity index (χ0n) is 10.9. The maximum atomic E-state index is 12.1. The molecular formula is C13H21NO3. The average molecular weight is 239 g/mol. The van der Waals surface area contributed by atoms with Crippen LogP contribution in [0.4, 0.5) is 0 Å². The van der Waals surface area contributed by atoms with E-state index in [1.54, 1.807) is 0 Å². The van der Waals surface area contributed by atoms with Crippen LogP contribution in [0.5, 0.6) is 0 Å². The first-order valence-electron chi connectivity index (χ1n) is 6.23. The Morgan fingerprint density at radius 3 is 2.12 bits per heavy atom. The lowest BCUT2D eigenvalue weighted by molar-refractivity contribution is -0.140. The Kier molecular flexibility index (Phi) is 2.53. The van der Waals surface area contributed by atoms with Gasteiger partial charge in [0, 0.05) is 5.54 Å². The first-order chi connectivity index (χ1) is 7.68. The first kappa shape index (κ1) is 12.4. The quantitative estimate of drug-likeness (QED) is 0.784. The fourth-order valence-corrected chi connectivity index (χ4v) is 2.89. The summed E-state index contributed by atoms with van der Waals surface area (Å²) in [5.41, 5.74) is -0.603. The Balaban J connectivity index is 2.00. The van der Waals surface area contributed by atoms with E-state index in [0.717, 1.165) is 12.8 Å². The minimum Gasteiger partial charge on any atom is -0.481 e. The molecule has 0 aromatic heterocycles. The van der Waals surface area contributed by atoms with Crippen LogP contribution in [0.15, 0.2) is 0 Å². The molecule has 2 unspecified atom stereocenters. The van der Waals surface area contributed by atoms with Gasteiger partial charge in [-0.25, -0.2) is 0 Å². The molecule has 2 fully saturated rings. The predicted octanol–water partition coefficient (Wildman–Crippen LogP) is 1.65. The van der Waals surface area contributed by atoms with E-state index in [0.29, 0.717) is 5.92 Å². The van der Waals surface area contributed by atoms with Crippen molar-refractivity contribution in [1.82, 2.24) is 5.32 Å². The molecule has 2 atom stereocenters. The zero-order valence-corrected chi connectivity index (χ0v) is 10.9. The van der Waals surface area contributed by atoms with Gasteiger partial charge in [-0.05, 0) is 38.0 Å². The number of hydrogen-bond acceptors (Lipinski definition) is 2. The molecule has 96 valence electrons. The number of carboxylic acids is 1. The van der Waals surface area contributed by atoms with Gasteiger partial charge < -0.3 is 10.4 Å². The highest BCUT2D eigenvalue weighted by molar-refractivity contribution is 5.92. The number of hydrogen-bond donors (Lipinski definition) is 2. The Morgan fingerprint density at radius 1 is 1.24 bits per heavy atom. The van der Waals surface area contributed by atoms with Gasteiger partial charge in [0.05, 0.1) is 11.8 Å². The second-order valence-electron chi connectivity index (χ2n) is 6.60. The van der Waals surface area contributed by atoms with Crippen molar-refractivity contribution in [2.45, 2.75) is 46.1 Å². The summed E-state index contributed by atoms with van der Waals surface area (Å²) >= 11 is 0. The molecule has 0 bridgehead atoms. The third-order valence-electron chi connectivity index (χ3n) is 4.42. The number of carboxylic acid groups (broad SMARTS) is 1. The number of aliphatic carboxylic acids is 1. The molecule has 2 saturated carbocycles. The topological polar surface area (TPSA) is 66.4 Å². The molecule has 17 heavy (non-hydrogen) atoms. The maximum absolute atomic E-state index is 12.1. The van der Waals surface area contributed by atoms with Crippen LogP contribution in [0.2, 0.25) is 0 Å². The second-order valence-corrected chi connectivity index (χ2v) is 6.60. The molecule has 0 aliphatic heterocycles. The largest absolute Gasteiger partial charge is 0.481 e. The van der Waals surface area contributed by atoms with E-state index in [1.807, 2.05) is 27.7 Å². The molecule has 0 aromatic rings. The minimum atomic E-state index is -0.862. The molecule has 1 amide bonds. The van der Waals surface area contributed by atoms with Crippen molar-refractivity contribution < 1.29 is 14.7 Å². The molecule has 0 heterocycles. The number of amides is 1. The summed E-state index contributed by atoms with van der Waals surface area (Å²) in [6, 6.07) is 0. The molecule has 0 radical (unpaired) electrons. The lowest BCUT2D eigenvalue weighted by Crippen LogP contribution is -2.46. The summed E-state index contributed by atoms with van der Waals surface area (Å²) in [6.45, 7) is 7.74. The van der Waals surface area contributed by atoms with Crippen molar-refractivity contribution in [3.8, 4) is 0 Å². The molecule has 0 spiro atoms. The van der Waals surface area contributed by atoms with Gasteiger partial charge in [0.1, 0.15) is 0 Å². The van der Waals surface area contributed by atoms with E-state index in [2.05, 4.69) is 5.32 Å². The minimum absolute atomic E-state index is 0.0979. The summed E-state index contributed by atoms with van der Waals surface area (Å²) in [5, 5.41) is 12.1. The van der Waals surface area contributed by atoms with Crippen LogP contribution in [-0.2, 0) is 9.59 Å². The fraction of sp³-hybridized carbons (Fsp3) is 0.846. The zero-order chi connectivity index (χ0) is 13.0. The monoisotopic (exact) mass is 239 g/mol. The van der Waals surface area contributed by atoms with Crippen LogP contribution in [0.3, 0.4) is 0 Å². The van der Waals surface area contributed by atoms with E-state index in [9.17, 15) is 9.59 Å². The highest BCUT2D eigenvalue weighted by Gasteiger charge is 2.66. The number of rotatable bonds is 4. The van der Waals surface area contributed by atoms with Gasteiger partial charge >= 0.3 is 5.97 Å². The van der Waals surface area contributed by atoms with Gasteiger partial charge in [-0.15, -0.1) is 0 Å². The maximum Gasteiger partial charge on any atom is 0.307 e. The summed E-state index contributed by atoms with van der Waals surface area (Å²) in [6.07, 6.45) is 2.31. The van der Waals surface area contributed by atoms with E-state index in [4.69, 9.17) is 5.11 Å². The highest BCUT2D eigenvalue weighted by atomic mass is 16.4. The second kappa shape index (κ2) is 3.47. The fourth-order valence-electron chi connectivity index (χ4n) is 2.89. The average Bonchev–Trinajstić information content (AvgIpc) is 2.95. The molecular weight excluding hydrogens is 218 g/mol. The van der Waals surface area contributed by atoms with Crippen molar-refractivity contribution in [2.24, 2.45) is 23.2 Å². The lowest BCUT2D eigenvalue weighted by Gasteiger charge is -2.26. The molecule has 2 rings (SSSR count). The normalized spacial score (nSPS) is 30.8. The van der Waals surface area contributed by atoms with Crippen LogP contribution in [0.25, 0.3) is 0 Å². The van der Waals surface area contributed by atoms with Crippen LogP contribution in [-0.4, -0.2) is 22.5 Å². The smallest absolute Gasteiger partial charge is 0.307 e. The van der Waals surface area contributed by atoms with E-state index < -0.39 is 17.3 Å². The third kappa shape index (κ3) is 2.05. The van der Waals surface area contributed by atoms with E-state index in [1.165, 1.54) is 0 Å². The Bertz CT molecular complexity index is 369. The molecule has 4 heteroatoms. The van der Waals surface area contributed by atoms with Crippen molar-refractivity contribution in [3.05, 3.63) is 0 Å². The van der Waals surface area contributed by atoms with Crippen molar-refractivity contribution in [2.75, 3.05) is 0 Å². The third-order valence-corrected chi connectivity index (χ3v) is 4.42. The van der Waals surface area contributed by atoms with Gasteiger partial charge in [-0.2, -0.15) is 0 Å². The van der Waals surface area contributed by atoms with Gasteiger partial charge in [-0.1, -0.05) is 13.8 Å². The Morgan fingerprint density at radius 2 is 1.76 bits per heavy atom. The van der Waals surface area contributed by atoms with Crippen LogP contribution in [0, 0.1) is 23.2 Å². The van der Waals surface area contributed by atoms with Crippen LogP contribution >= 0.6 is 0 Å². The number of carbonyl (C=O) groups is 2. The lowest BCUT2D eigenvalue weighted by atomic mass is 9.98. The van der Waals surface area contributed by atoms with Crippen molar-refractivity contribution >= 4 is 11.9 Å². The molecule has 2 N–H and O–H groups in total. The molecule has 0 aromatic carbocycles. The standard InChI is InChI=1S/C13H21NO3/c1-12(2)8(9(12)11(16)17)10(15)14-13(3,4)7-5-6-7/h7-9H,5-6H2,1-4H3,(H,14,15)(H,16,17). The number of carbonyl (C=O) groups excluding carboxylic acids is 1. The molecule has 2 aliphatic rings. The van der Waals surface area contributed by atoms with Crippen molar-refractivity contribution in [1.29, 1.82) is 0 Å². The summed E-state index contributed by atoms with van der Waals surface area (Å²) < 4.78 is 0. The van der Waals surface area contributed by atoms with Crippen molar-refractivity contribution in [3.63, 3.8) is 0 Å². The van der Waals surface area contributed by atoms with Crippen LogP contribution < -0.4 is 5.32 Å². The molecule has 2 aliphatic carbocycles. The van der Waals surface area contributed by atoms with Crippen LogP contribution in [0.1, 0.15) is 40.5 Å². The SMILES string of the molecule is CC(C)(NC(=O)C1C(C(=O)O)C1(C)C)C1CC1.